The molecule has 0 saturated heterocycles. The molecule has 0 aliphatic carbocycles. The molecule has 0 fully saturated rings. The fourth-order valence-electron chi connectivity index (χ4n) is 3.68. The van der Waals surface area contributed by atoms with Crippen LogP contribution in [-0.2, 0) is 0 Å². The molecule has 0 unspecified atom stereocenters. The Morgan fingerprint density at radius 2 is 1.41 bits per heavy atom. The number of nitrogens with one attached hydrogen (secondary N) is 1. The van der Waals surface area contributed by atoms with Gasteiger partial charge >= 0.3 is 0 Å². The molecule has 1 N–H and O–H groups in total. The maximum atomic E-state index is 5.49. The minimum atomic E-state index is 0.554. The maximum absolute atomic E-state index is 5.49. The van der Waals surface area contributed by atoms with Gasteiger partial charge < -0.3 is 28.8 Å². The summed E-state index contributed by atoms with van der Waals surface area (Å²) in [5.74, 6) is 2.56. The van der Waals surface area contributed by atoms with E-state index in [-0.39, 0.29) is 0 Å². The van der Waals surface area contributed by atoms with Crippen molar-refractivity contribution in [3.63, 3.8) is 0 Å². The number of ether oxygens (including phenoxy) is 4. The van der Waals surface area contributed by atoms with E-state index in [1.54, 1.807) is 28.4 Å². The van der Waals surface area contributed by atoms with Crippen LogP contribution in [0, 0.1) is 0 Å². The van der Waals surface area contributed by atoms with Crippen molar-refractivity contribution in [1.29, 1.82) is 0 Å². The van der Waals surface area contributed by atoms with Gasteiger partial charge in [-0.15, -0.1) is 0 Å². The second kappa shape index (κ2) is 8.98. The Hall–Kier alpha value is -4.06. The lowest BCUT2D eigenvalue weighted by molar-refractivity contribution is 0.324. The molecule has 0 aliphatic rings. The summed E-state index contributed by atoms with van der Waals surface area (Å²) in [4.78, 5) is 0. The molecule has 1 heterocycles. The second-order valence-corrected chi connectivity index (χ2v) is 7.17. The van der Waals surface area contributed by atoms with Crippen LogP contribution in [0.2, 0.25) is 0 Å². The predicted molar refractivity (Wildman–Crippen MR) is 129 cm³/mol. The third-order valence-electron chi connectivity index (χ3n) is 5.36. The molecule has 3 aromatic carbocycles. The Kier molecular flexibility index (Phi) is 5.94. The molecule has 4 rings (SSSR count). The average Bonchev–Trinajstić information content (AvgIpc) is 3.26. The Morgan fingerprint density at radius 3 is 2.00 bits per heavy atom. The molecule has 32 heavy (non-hydrogen) atoms. The molecule has 0 aliphatic heterocycles. The molecule has 1 aromatic heterocycles. The van der Waals surface area contributed by atoms with Gasteiger partial charge in [-0.1, -0.05) is 6.58 Å². The van der Waals surface area contributed by atoms with Crippen LogP contribution < -0.4 is 24.3 Å². The zero-order chi connectivity index (χ0) is 22.7. The Balaban J connectivity index is 1.64. The minimum absolute atomic E-state index is 0.554. The van der Waals surface area contributed by atoms with E-state index in [1.165, 1.54) is 0 Å². The number of hydrogen-bond acceptors (Lipinski definition) is 5. The highest BCUT2D eigenvalue weighted by Gasteiger charge is 2.16. The first-order valence-electron chi connectivity index (χ1n) is 10.1. The third-order valence-corrected chi connectivity index (χ3v) is 5.36. The zero-order valence-electron chi connectivity index (χ0n) is 18.6. The molecule has 0 spiro atoms. The number of benzene rings is 3. The summed E-state index contributed by atoms with van der Waals surface area (Å²) in [6.45, 7) is 4.31. The molecule has 0 radical (unpaired) electrons. The normalized spacial score (nSPS) is 10.6. The fraction of sp³-hybridized carbons (Fsp3) is 0.154. The van der Waals surface area contributed by atoms with Crippen molar-refractivity contribution in [3.05, 3.63) is 79.0 Å². The van der Waals surface area contributed by atoms with Gasteiger partial charge in [-0.2, -0.15) is 0 Å². The first-order chi connectivity index (χ1) is 15.6. The standard InChI is InChI=1S/C26H26N2O4/c1-17(19-15-24(30-3)26(32-5)25(16-19)31-4)28-13-12-18-14-21(8-11-23(18)28)27-20-6-9-22(29-2)10-7-20/h6-16,27H,1H2,2-5H3. The Morgan fingerprint density at radius 1 is 0.750 bits per heavy atom. The lowest BCUT2D eigenvalue weighted by Gasteiger charge is -2.16. The number of hydrogen-bond donors (Lipinski definition) is 1. The summed E-state index contributed by atoms with van der Waals surface area (Å²) in [6.07, 6.45) is 2.01. The van der Waals surface area contributed by atoms with Crippen LogP contribution in [0.25, 0.3) is 16.6 Å². The Labute approximate surface area is 187 Å². The van der Waals surface area contributed by atoms with E-state index in [2.05, 4.69) is 30.1 Å². The van der Waals surface area contributed by atoms with Gasteiger partial charge in [0, 0.05) is 34.2 Å². The third kappa shape index (κ3) is 3.95. The fourth-order valence-corrected chi connectivity index (χ4v) is 3.68. The molecule has 0 amide bonds. The van der Waals surface area contributed by atoms with Crippen molar-refractivity contribution in [2.24, 2.45) is 0 Å². The van der Waals surface area contributed by atoms with Crippen LogP contribution in [0.3, 0.4) is 0 Å². The van der Waals surface area contributed by atoms with Crippen LogP contribution in [0.5, 0.6) is 23.0 Å². The molecular formula is C26H26N2O4. The molecule has 0 bridgehead atoms. The molecule has 164 valence electrons. The molecule has 6 nitrogen and oxygen atoms in total. The lowest BCUT2D eigenvalue weighted by atomic mass is 10.1. The quantitative estimate of drug-likeness (QED) is 0.375. The summed E-state index contributed by atoms with van der Waals surface area (Å²) < 4.78 is 23.7. The van der Waals surface area contributed by atoms with Gasteiger partial charge in [0.2, 0.25) is 5.75 Å². The topological polar surface area (TPSA) is 53.9 Å². The smallest absolute Gasteiger partial charge is 0.203 e. The van der Waals surface area contributed by atoms with Gasteiger partial charge in [0.25, 0.3) is 0 Å². The SMILES string of the molecule is C=C(c1cc(OC)c(OC)c(OC)c1)n1ccc2cc(Nc3ccc(OC)cc3)ccc21. The number of rotatable bonds is 8. The number of aromatic nitrogens is 1. The number of nitrogens with zero attached hydrogens (tertiary/aromatic N) is 1. The number of methoxy groups -OCH3 is 4. The summed E-state index contributed by atoms with van der Waals surface area (Å²) in [5, 5.41) is 4.52. The van der Waals surface area contributed by atoms with Crippen LogP contribution in [-0.4, -0.2) is 33.0 Å². The van der Waals surface area contributed by atoms with Gasteiger partial charge in [-0.05, 0) is 60.7 Å². The largest absolute Gasteiger partial charge is 0.497 e. The van der Waals surface area contributed by atoms with Crippen LogP contribution in [0.4, 0.5) is 11.4 Å². The van der Waals surface area contributed by atoms with Gasteiger partial charge in [0.1, 0.15) is 5.75 Å². The van der Waals surface area contributed by atoms with Gasteiger partial charge in [-0.25, -0.2) is 0 Å². The van der Waals surface area contributed by atoms with Crippen LogP contribution >= 0.6 is 0 Å². The van der Waals surface area contributed by atoms with Gasteiger partial charge in [0.05, 0.1) is 34.0 Å². The van der Waals surface area contributed by atoms with Crippen LogP contribution in [0.1, 0.15) is 5.56 Å². The molecule has 4 aromatic rings. The Bertz CT molecular complexity index is 1230. The summed E-state index contributed by atoms with van der Waals surface area (Å²) in [5.41, 5.74) is 4.71. The summed E-state index contributed by atoms with van der Waals surface area (Å²) in [7, 11) is 6.46. The number of fused-ring (bicyclic) bond motifs is 1. The minimum Gasteiger partial charge on any atom is -0.497 e. The molecule has 0 saturated carbocycles. The van der Waals surface area contributed by atoms with E-state index >= 15 is 0 Å². The van der Waals surface area contributed by atoms with E-state index in [4.69, 9.17) is 18.9 Å². The highest BCUT2D eigenvalue weighted by molar-refractivity contribution is 5.89. The van der Waals surface area contributed by atoms with E-state index in [1.807, 2.05) is 53.2 Å². The first kappa shape index (κ1) is 21.2. The van der Waals surface area contributed by atoms with Crippen molar-refractivity contribution in [2.75, 3.05) is 33.8 Å². The van der Waals surface area contributed by atoms with Gasteiger partial charge in [-0.3, -0.25) is 0 Å². The van der Waals surface area contributed by atoms with E-state index in [0.29, 0.717) is 17.2 Å². The highest BCUT2D eigenvalue weighted by Crippen LogP contribution is 2.40. The van der Waals surface area contributed by atoms with Crippen molar-refractivity contribution in [3.8, 4) is 23.0 Å². The van der Waals surface area contributed by atoms with E-state index in [9.17, 15) is 0 Å². The first-order valence-corrected chi connectivity index (χ1v) is 10.1. The molecule has 6 heteroatoms. The lowest BCUT2D eigenvalue weighted by Crippen LogP contribution is -2.00. The highest BCUT2D eigenvalue weighted by atomic mass is 16.5. The number of anilines is 2. The van der Waals surface area contributed by atoms with Crippen molar-refractivity contribution < 1.29 is 18.9 Å². The molecular weight excluding hydrogens is 404 g/mol. The van der Waals surface area contributed by atoms with Crippen molar-refractivity contribution in [1.82, 2.24) is 4.57 Å². The van der Waals surface area contributed by atoms with E-state index < -0.39 is 0 Å². The maximum Gasteiger partial charge on any atom is 0.203 e. The average molecular weight is 431 g/mol. The summed E-state index contributed by atoms with van der Waals surface area (Å²) in [6, 6.07) is 19.9. The van der Waals surface area contributed by atoms with Gasteiger partial charge in [0.15, 0.2) is 11.5 Å². The van der Waals surface area contributed by atoms with Crippen molar-refractivity contribution >= 4 is 28.0 Å². The molecule has 0 atom stereocenters. The van der Waals surface area contributed by atoms with Crippen LogP contribution in [0.15, 0.2) is 73.4 Å². The second-order valence-electron chi connectivity index (χ2n) is 7.17. The van der Waals surface area contributed by atoms with E-state index in [0.717, 1.165) is 39.3 Å². The monoisotopic (exact) mass is 430 g/mol. The van der Waals surface area contributed by atoms with Crippen molar-refractivity contribution in [2.45, 2.75) is 0 Å². The predicted octanol–water partition coefficient (Wildman–Crippen LogP) is 5.94. The summed E-state index contributed by atoms with van der Waals surface area (Å²) >= 11 is 0. The zero-order valence-corrected chi connectivity index (χ0v) is 18.6.